The van der Waals surface area contributed by atoms with Crippen molar-refractivity contribution in [2.24, 2.45) is 11.1 Å². The Morgan fingerprint density at radius 1 is 1.33 bits per heavy atom. The molecule has 1 aliphatic rings. The third-order valence-corrected chi connectivity index (χ3v) is 5.16. The van der Waals surface area contributed by atoms with E-state index in [0.29, 0.717) is 5.41 Å². The van der Waals surface area contributed by atoms with Crippen LogP contribution in [0.15, 0.2) is 34.1 Å². The molecule has 0 radical (unpaired) electrons. The quantitative estimate of drug-likeness (QED) is 0.928. The van der Waals surface area contributed by atoms with Gasteiger partial charge in [-0.05, 0) is 30.9 Å². The predicted molar refractivity (Wildman–Crippen MR) is 79.7 cm³/mol. The molecule has 1 heterocycles. The van der Waals surface area contributed by atoms with Crippen molar-refractivity contribution in [2.45, 2.75) is 19.3 Å². The molecule has 0 bridgehead atoms. The highest BCUT2D eigenvalue weighted by atomic mass is 79.9. The lowest BCUT2D eigenvalue weighted by Crippen LogP contribution is -2.17. The van der Waals surface area contributed by atoms with Crippen LogP contribution in [-0.2, 0) is 6.42 Å². The first-order valence-corrected chi connectivity index (χ1v) is 7.79. The summed E-state index contributed by atoms with van der Waals surface area (Å²) in [7, 11) is 0. The van der Waals surface area contributed by atoms with Gasteiger partial charge in [0.15, 0.2) is 0 Å². The number of nitrogens with zero attached hydrogens (tertiary/aromatic N) is 1. The van der Waals surface area contributed by atoms with Gasteiger partial charge in [0.25, 0.3) is 0 Å². The third-order valence-electron chi connectivity index (χ3n) is 3.62. The molecular weight excluding hydrogens is 308 g/mol. The number of hydrogen-bond acceptors (Lipinski definition) is 3. The van der Waals surface area contributed by atoms with Gasteiger partial charge in [-0.25, -0.2) is 4.98 Å². The van der Waals surface area contributed by atoms with Crippen molar-refractivity contribution in [3.8, 4) is 11.3 Å². The standard InChI is InChI=1S/C14H15BrN2S/c15-11-4-2-1-3-10(11)12-8-18-13(17-12)7-14(9-16)5-6-14/h1-4,8H,5-7,9,16H2. The second-order valence-corrected chi connectivity index (χ2v) is 6.78. The molecule has 0 atom stereocenters. The van der Waals surface area contributed by atoms with Crippen LogP contribution in [0.1, 0.15) is 17.8 Å². The number of halogens is 1. The van der Waals surface area contributed by atoms with Crippen LogP contribution in [-0.4, -0.2) is 11.5 Å². The lowest BCUT2D eigenvalue weighted by Gasteiger charge is -2.08. The maximum atomic E-state index is 5.83. The van der Waals surface area contributed by atoms with Crippen molar-refractivity contribution in [3.63, 3.8) is 0 Å². The summed E-state index contributed by atoms with van der Waals surface area (Å²) in [6.07, 6.45) is 3.56. The maximum Gasteiger partial charge on any atom is 0.0938 e. The van der Waals surface area contributed by atoms with Crippen molar-refractivity contribution in [1.29, 1.82) is 0 Å². The first-order valence-electron chi connectivity index (χ1n) is 6.12. The fourth-order valence-electron chi connectivity index (χ4n) is 2.14. The molecule has 1 aromatic carbocycles. The molecule has 1 aromatic heterocycles. The van der Waals surface area contributed by atoms with Gasteiger partial charge in [0.05, 0.1) is 10.7 Å². The molecular formula is C14H15BrN2S. The zero-order valence-corrected chi connectivity index (χ0v) is 12.4. The Kier molecular flexibility index (Phi) is 3.26. The van der Waals surface area contributed by atoms with E-state index in [1.165, 1.54) is 17.8 Å². The van der Waals surface area contributed by atoms with Crippen LogP contribution >= 0.6 is 27.3 Å². The molecule has 0 amide bonds. The number of hydrogen-bond donors (Lipinski definition) is 1. The second kappa shape index (κ2) is 4.76. The van der Waals surface area contributed by atoms with Gasteiger partial charge >= 0.3 is 0 Å². The van der Waals surface area contributed by atoms with E-state index in [1.54, 1.807) is 11.3 Å². The monoisotopic (exact) mass is 322 g/mol. The summed E-state index contributed by atoms with van der Waals surface area (Å²) in [5, 5.41) is 3.35. The molecule has 1 aliphatic carbocycles. The average molecular weight is 323 g/mol. The Morgan fingerprint density at radius 2 is 2.11 bits per heavy atom. The summed E-state index contributed by atoms with van der Waals surface area (Å²) in [6.45, 7) is 0.789. The number of rotatable bonds is 4. The van der Waals surface area contributed by atoms with Crippen molar-refractivity contribution in [1.82, 2.24) is 4.98 Å². The molecule has 1 saturated carbocycles. The molecule has 2 nitrogen and oxygen atoms in total. The van der Waals surface area contributed by atoms with E-state index in [2.05, 4.69) is 33.4 Å². The highest BCUT2D eigenvalue weighted by molar-refractivity contribution is 9.10. The second-order valence-electron chi connectivity index (χ2n) is 4.99. The zero-order chi connectivity index (χ0) is 12.6. The van der Waals surface area contributed by atoms with Crippen molar-refractivity contribution in [2.75, 3.05) is 6.54 Å². The minimum absolute atomic E-state index is 0.364. The Balaban J connectivity index is 1.84. The summed E-state index contributed by atoms with van der Waals surface area (Å²) < 4.78 is 1.10. The largest absolute Gasteiger partial charge is 0.330 e. The molecule has 94 valence electrons. The van der Waals surface area contributed by atoms with Gasteiger partial charge in [-0.3, -0.25) is 0 Å². The summed E-state index contributed by atoms with van der Waals surface area (Å²) in [5.74, 6) is 0. The molecule has 2 N–H and O–H groups in total. The van der Waals surface area contributed by atoms with Crippen molar-refractivity contribution in [3.05, 3.63) is 39.1 Å². The lowest BCUT2D eigenvalue weighted by atomic mass is 10.0. The first-order chi connectivity index (χ1) is 8.72. The van der Waals surface area contributed by atoms with E-state index in [0.717, 1.165) is 28.7 Å². The minimum Gasteiger partial charge on any atom is -0.330 e. The normalized spacial score (nSPS) is 16.8. The highest BCUT2D eigenvalue weighted by Gasteiger charge is 2.41. The van der Waals surface area contributed by atoms with Gasteiger partial charge in [-0.2, -0.15) is 0 Å². The summed E-state index contributed by atoms with van der Waals surface area (Å²) in [4.78, 5) is 4.75. The predicted octanol–water partition coefficient (Wildman–Crippen LogP) is 3.85. The Bertz CT molecular complexity index is 560. The topological polar surface area (TPSA) is 38.9 Å². The van der Waals surface area contributed by atoms with E-state index >= 15 is 0 Å². The maximum absolute atomic E-state index is 5.83. The molecule has 0 unspecified atom stereocenters. The van der Waals surface area contributed by atoms with Crippen LogP contribution in [0.2, 0.25) is 0 Å². The Hall–Kier alpha value is -0.710. The molecule has 0 spiro atoms. The van der Waals surface area contributed by atoms with Crippen LogP contribution in [0.25, 0.3) is 11.3 Å². The van der Waals surface area contributed by atoms with E-state index in [1.807, 2.05) is 12.1 Å². The van der Waals surface area contributed by atoms with Crippen LogP contribution in [0, 0.1) is 5.41 Å². The molecule has 18 heavy (non-hydrogen) atoms. The van der Waals surface area contributed by atoms with Crippen LogP contribution < -0.4 is 5.73 Å². The number of thiazole rings is 1. The Labute approximate surface area is 119 Å². The summed E-state index contributed by atoms with van der Waals surface area (Å²) >= 11 is 5.32. The highest BCUT2D eigenvalue weighted by Crippen LogP contribution is 2.47. The zero-order valence-electron chi connectivity index (χ0n) is 10.0. The first kappa shape index (κ1) is 12.3. The van der Waals surface area contributed by atoms with Gasteiger partial charge in [0, 0.05) is 21.8 Å². The van der Waals surface area contributed by atoms with Crippen LogP contribution in [0.4, 0.5) is 0 Å². The van der Waals surface area contributed by atoms with Gasteiger partial charge in [0.1, 0.15) is 0 Å². The van der Waals surface area contributed by atoms with Gasteiger partial charge in [-0.1, -0.05) is 34.1 Å². The van der Waals surface area contributed by atoms with E-state index < -0.39 is 0 Å². The number of aromatic nitrogens is 1. The van der Waals surface area contributed by atoms with E-state index in [9.17, 15) is 0 Å². The fraction of sp³-hybridized carbons (Fsp3) is 0.357. The van der Waals surface area contributed by atoms with Gasteiger partial charge in [0.2, 0.25) is 0 Å². The van der Waals surface area contributed by atoms with Gasteiger partial charge in [-0.15, -0.1) is 11.3 Å². The molecule has 4 heteroatoms. The fourth-order valence-corrected chi connectivity index (χ4v) is 3.59. The Morgan fingerprint density at radius 3 is 2.78 bits per heavy atom. The molecule has 2 aromatic rings. The molecule has 0 aliphatic heterocycles. The van der Waals surface area contributed by atoms with E-state index in [4.69, 9.17) is 10.7 Å². The third kappa shape index (κ3) is 2.37. The average Bonchev–Trinajstić information content (AvgIpc) is 3.00. The van der Waals surface area contributed by atoms with Crippen molar-refractivity contribution >= 4 is 27.3 Å². The van der Waals surface area contributed by atoms with Crippen LogP contribution in [0.5, 0.6) is 0 Å². The van der Waals surface area contributed by atoms with Gasteiger partial charge < -0.3 is 5.73 Å². The molecule has 3 rings (SSSR count). The minimum atomic E-state index is 0.364. The molecule has 1 fully saturated rings. The lowest BCUT2D eigenvalue weighted by molar-refractivity contribution is 0.520. The number of nitrogens with two attached hydrogens (primary N) is 1. The van der Waals surface area contributed by atoms with Crippen molar-refractivity contribution < 1.29 is 0 Å². The SMILES string of the molecule is NCC1(Cc2nc(-c3ccccc3Br)cs2)CC1. The number of benzene rings is 1. The molecule has 0 saturated heterocycles. The van der Waals surface area contributed by atoms with Crippen LogP contribution in [0.3, 0.4) is 0 Å². The van der Waals surface area contributed by atoms with E-state index in [-0.39, 0.29) is 0 Å². The summed E-state index contributed by atoms with van der Waals surface area (Å²) in [5.41, 5.74) is 8.42. The summed E-state index contributed by atoms with van der Waals surface area (Å²) in [6, 6.07) is 8.21. The smallest absolute Gasteiger partial charge is 0.0938 e.